The van der Waals surface area contributed by atoms with Crippen LogP contribution in [0.3, 0.4) is 0 Å². The third-order valence-electron chi connectivity index (χ3n) is 1.95. The zero-order chi connectivity index (χ0) is 14.8. The molecule has 0 bridgehead atoms. The van der Waals surface area contributed by atoms with Crippen molar-refractivity contribution in [3.05, 3.63) is 35.7 Å². The Bertz CT molecular complexity index is 517. The third kappa shape index (κ3) is 3.70. The Morgan fingerprint density at radius 2 is 1.79 bits per heavy atom. The van der Waals surface area contributed by atoms with Crippen LogP contribution >= 0.6 is 0 Å². The molecule has 1 rings (SSSR count). The highest BCUT2D eigenvalue weighted by Crippen LogP contribution is 2.33. The molecule has 1 N–H and O–H groups in total. The number of nitrogens with zero attached hydrogens (tertiary/aromatic N) is 1. The van der Waals surface area contributed by atoms with Crippen LogP contribution in [0.2, 0.25) is 0 Å². The SMILES string of the molecule is O=C(/C=C(\O)c1ccncc1C(F)(F)F)C(F)(F)F. The van der Waals surface area contributed by atoms with Gasteiger partial charge in [0.2, 0.25) is 0 Å². The monoisotopic (exact) mass is 285 g/mol. The Balaban J connectivity index is 3.25. The van der Waals surface area contributed by atoms with Gasteiger partial charge in [0.25, 0.3) is 5.78 Å². The molecule has 9 heteroatoms. The predicted octanol–water partition coefficient (Wildman–Crippen LogP) is 3.13. The van der Waals surface area contributed by atoms with Gasteiger partial charge >= 0.3 is 12.4 Å². The number of hydrogen-bond acceptors (Lipinski definition) is 3. The number of hydrogen-bond donors (Lipinski definition) is 1. The Kier molecular flexibility index (Phi) is 3.87. The van der Waals surface area contributed by atoms with Crippen molar-refractivity contribution in [2.75, 3.05) is 0 Å². The molecular formula is C10H5F6NO2. The van der Waals surface area contributed by atoms with Crippen molar-refractivity contribution < 1.29 is 36.2 Å². The molecule has 0 unspecified atom stereocenters. The molecule has 0 aromatic carbocycles. The van der Waals surface area contributed by atoms with E-state index in [-0.39, 0.29) is 6.08 Å². The smallest absolute Gasteiger partial charge is 0.454 e. The van der Waals surface area contributed by atoms with Gasteiger partial charge in [0, 0.05) is 24.0 Å². The average Bonchev–Trinajstić information content (AvgIpc) is 2.26. The second kappa shape index (κ2) is 4.90. The van der Waals surface area contributed by atoms with E-state index in [1.54, 1.807) is 0 Å². The number of carbonyl (C=O) groups excluding carboxylic acids is 1. The van der Waals surface area contributed by atoms with Crippen molar-refractivity contribution >= 4 is 11.5 Å². The first-order chi connectivity index (χ1) is 8.53. The van der Waals surface area contributed by atoms with E-state index in [4.69, 9.17) is 0 Å². The molecule has 1 aromatic rings. The Labute approximate surface area is 102 Å². The zero-order valence-corrected chi connectivity index (χ0v) is 8.88. The van der Waals surface area contributed by atoms with E-state index in [0.717, 1.165) is 6.20 Å². The van der Waals surface area contributed by atoms with Gasteiger partial charge in [-0.25, -0.2) is 0 Å². The number of allylic oxidation sites excluding steroid dienone is 1. The van der Waals surface area contributed by atoms with Crippen molar-refractivity contribution in [3.63, 3.8) is 0 Å². The standard InChI is InChI=1S/C10H5F6NO2/c11-9(12,13)6-4-17-2-1-5(6)7(18)3-8(19)10(14,15)16/h1-4,18H/b7-3-. The molecule has 0 saturated heterocycles. The molecule has 0 atom stereocenters. The molecule has 0 aliphatic rings. The van der Waals surface area contributed by atoms with E-state index in [2.05, 4.69) is 4.98 Å². The van der Waals surface area contributed by atoms with E-state index in [1.165, 1.54) is 0 Å². The van der Waals surface area contributed by atoms with Gasteiger partial charge in [-0.15, -0.1) is 0 Å². The van der Waals surface area contributed by atoms with Crippen LogP contribution in [0.5, 0.6) is 0 Å². The van der Waals surface area contributed by atoms with Crippen molar-refractivity contribution in [2.45, 2.75) is 12.4 Å². The minimum absolute atomic E-state index is 0.315. The fourth-order valence-corrected chi connectivity index (χ4v) is 1.13. The van der Waals surface area contributed by atoms with Gasteiger partial charge in [0.05, 0.1) is 5.56 Å². The van der Waals surface area contributed by atoms with Crippen LogP contribution in [0.4, 0.5) is 26.3 Å². The second-order valence-corrected chi connectivity index (χ2v) is 3.31. The van der Waals surface area contributed by atoms with Gasteiger partial charge < -0.3 is 5.11 Å². The summed E-state index contributed by atoms with van der Waals surface area (Å²) < 4.78 is 73.2. The highest BCUT2D eigenvalue weighted by molar-refractivity contribution is 5.99. The first-order valence-corrected chi connectivity index (χ1v) is 4.57. The second-order valence-electron chi connectivity index (χ2n) is 3.31. The van der Waals surface area contributed by atoms with Crippen LogP contribution in [-0.4, -0.2) is 22.1 Å². The van der Waals surface area contributed by atoms with Crippen LogP contribution in [0.15, 0.2) is 24.5 Å². The lowest BCUT2D eigenvalue weighted by Gasteiger charge is -2.11. The van der Waals surface area contributed by atoms with Crippen LogP contribution < -0.4 is 0 Å². The van der Waals surface area contributed by atoms with Gasteiger partial charge in [-0.3, -0.25) is 9.78 Å². The highest BCUT2D eigenvalue weighted by atomic mass is 19.4. The molecule has 0 fully saturated rings. The molecule has 0 spiro atoms. The molecule has 3 nitrogen and oxygen atoms in total. The maximum Gasteiger partial charge on any atom is 0.454 e. The van der Waals surface area contributed by atoms with Crippen LogP contribution in [-0.2, 0) is 11.0 Å². The summed E-state index contributed by atoms with van der Waals surface area (Å²) in [5, 5.41) is 9.21. The minimum Gasteiger partial charge on any atom is -0.507 e. The molecule has 0 radical (unpaired) electrons. The van der Waals surface area contributed by atoms with Crippen LogP contribution in [0.25, 0.3) is 5.76 Å². The zero-order valence-electron chi connectivity index (χ0n) is 8.88. The fourth-order valence-electron chi connectivity index (χ4n) is 1.13. The number of halogens is 6. The van der Waals surface area contributed by atoms with Crippen molar-refractivity contribution in [1.82, 2.24) is 4.98 Å². The first kappa shape index (κ1) is 15.0. The predicted molar refractivity (Wildman–Crippen MR) is 50.9 cm³/mol. The summed E-state index contributed by atoms with van der Waals surface area (Å²) in [6.45, 7) is 0. The van der Waals surface area contributed by atoms with Gasteiger partial charge in [0.1, 0.15) is 5.76 Å². The van der Waals surface area contributed by atoms with Gasteiger partial charge in [0.15, 0.2) is 0 Å². The number of aromatic nitrogens is 1. The van der Waals surface area contributed by atoms with E-state index < -0.39 is 35.0 Å². The van der Waals surface area contributed by atoms with E-state index >= 15 is 0 Å². The Hall–Kier alpha value is -2.06. The van der Waals surface area contributed by atoms with Crippen molar-refractivity contribution in [1.29, 1.82) is 0 Å². The normalized spacial score (nSPS) is 13.5. The Morgan fingerprint density at radius 1 is 1.21 bits per heavy atom. The number of rotatable bonds is 2. The molecule has 0 aliphatic carbocycles. The lowest BCUT2D eigenvalue weighted by atomic mass is 10.1. The number of aliphatic hydroxyl groups is 1. The number of carbonyl (C=O) groups is 1. The van der Waals surface area contributed by atoms with Crippen LogP contribution in [0.1, 0.15) is 11.1 Å². The summed E-state index contributed by atoms with van der Waals surface area (Å²) in [5.41, 5.74) is -2.40. The van der Waals surface area contributed by atoms with Gasteiger partial charge in [-0.2, -0.15) is 26.3 Å². The highest BCUT2D eigenvalue weighted by Gasteiger charge is 2.38. The summed E-state index contributed by atoms with van der Waals surface area (Å²) in [5.74, 6) is -3.90. The number of alkyl halides is 6. The van der Waals surface area contributed by atoms with E-state index in [9.17, 15) is 36.2 Å². The average molecular weight is 285 g/mol. The van der Waals surface area contributed by atoms with E-state index in [1.807, 2.05) is 0 Å². The van der Waals surface area contributed by atoms with Gasteiger partial charge in [-0.05, 0) is 6.07 Å². The fraction of sp³-hybridized carbons (Fsp3) is 0.200. The molecule has 0 amide bonds. The molecule has 1 heterocycles. The van der Waals surface area contributed by atoms with Crippen LogP contribution in [0, 0.1) is 0 Å². The largest absolute Gasteiger partial charge is 0.507 e. The maximum absolute atomic E-state index is 12.5. The topological polar surface area (TPSA) is 50.2 Å². The minimum atomic E-state index is -5.28. The molecule has 19 heavy (non-hydrogen) atoms. The third-order valence-corrected chi connectivity index (χ3v) is 1.95. The number of ketones is 1. The number of aliphatic hydroxyl groups excluding tert-OH is 1. The Morgan fingerprint density at radius 3 is 2.26 bits per heavy atom. The van der Waals surface area contributed by atoms with E-state index in [0.29, 0.717) is 12.3 Å². The van der Waals surface area contributed by atoms with Crippen molar-refractivity contribution in [2.24, 2.45) is 0 Å². The first-order valence-electron chi connectivity index (χ1n) is 4.57. The summed E-state index contributed by atoms with van der Waals surface area (Å²) >= 11 is 0. The quantitative estimate of drug-likeness (QED) is 0.516. The summed E-state index contributed by atoms with van der Waals surface area (Å²) in [4.78, 5) is 13.7. The number of pyridine rings is 1. The maximum atomic E-state index is 12.5. The molecule has 104 valence electrons. The summed E-state index contributed by atoms with van der Waals surface area (Å²) in [7, 11) is 0. The van der Waals surface area contributed by atoms with Gasteiger partial charge in [-0.1, -0.05) is 0 Å². The lowest BCUT2D eigenvalue weighted by Crippen LogP contribution is -2.20. The summed E-state index contributed by atoms with van der Waals surface area (Å²) in [6, 6.07) is 0.651. The summed E-state index contributed by atoms with van der Waals surface area (Å²) in [6.07, 6.45) is -9.35. The van der Waals surface area contributed by atoms with Crippen molar-refractivity contribution in [3.8, 4) is 0 Å². The molecule has 0 aliphatic heterocycles. The lowest BCUT2D eigenvalue weighted by molar-refractivity contribution is -0.165. The molecule has 0 saturated carbocycles. The molecular weight excluding hydrogens is 280 g/mol. The molecule has 1 aromatic heterocycles.